The number of fused-ring (bicyclic) bond motifs is 1. The molecular formula is C18H12BrN3O2. The average molecular weight is 382 g/mol. The molecule has 6 heteroatoms. The summed E-state index contributed by atoms with van der Waals surface area (Å²) in [6.07, 6.45) is 1.79. The molecule has 0 spiro atoms. The minimum absolute atomic E-state index is 0.248. The number of aromatic nitrogens is 2. The van der Waals surface area contributed by atoms with Crippen LogP contribution in [0.25, 0.3) is 16.7 Å². The first-order valence-corrected chi connectivity index (χ1v) is 8.10. The molecule has 24 heavy (non-hydrogen) atoms. The minimum Gasteiger partial charge on any atom is -0.451 e. The molecule has 0 radical (unpaired) electrons. The fourth-order valence-electron chi connectivity index (χ4n) is 2.42. The molecule has 2 heterocycles. The summed E-state index contributed by atoms with van der Waals surface area (Å²) in [6, 6.07) is 18.7. The molecule has 2 aromatic heterocycles. The zero-order chi connectivity index (χ0) is 16.5. The number of carbonyl (C=O) groups is 1. The molecule has 0 aliphatic heterocycles. The lowest BCUT2D eigenvalue weighted by Gasteiger charge is -2.00. The van der Waals surface area contributed by atoms with Crippen molar-refractivity contribution in [2.45, 2.75) is 0 Å². The predicted molar refractivity (Wildman–Crippen MR) is 95.4 cm³/mol. The molecule has 4 rings (SSSR count). The maximum Gasteiger partial charge on any atom is 0.292 e. The number of hydrogen-bond donors (Lipinski definition) is 1. The van der Waals surface area contributed by atoms with E-state index in [-0.39, 0.29) is 11.7 Å². The second kappa shape index (κ2) is 5.98. The standard InChI is InChI=1S/C18H12BrN3O2/c19-13-6-7-15-12(10-13)11-16(24-15)18(23)20-17-8-9-22(21-17)14-4-2-1-3-5-14/h1-11H,(H,20,21,23). The molecule has 2 aromatic carbocycles. The van der Waals surface area contributed by atoms with Crippen LogP contribution >= 0.6 is 15.9 Å². The van der Waals surface area contributed by atoms with Crippen molar-refractivity contribution >= 4 is 38.6 Å². The highest BCUT2D eigenvalue weighted by Gasteiger charge is 2.14. The Kier molecular flexibility index (Phi) is 3.66. The van der Waals surface area contributed by atoms with Gasteiger partial charge in [-0.25, -0.2) is 4.68 Å². The van der Waals surface area contributed by atoms with E-state index in [1.807, 2.05) is 48.5 Å². The van der Waals surface area contributed by atoms with E-state index < -0.39 is 0 Å². The van der Waals surface area contributed by atoms with E-state index in [4.69, 9.17) is 4.42 Å². The molecule has 0 saturated heterocycles. The third kappa shape index (κ3) is 2.83. The molecule has 5 nitrogen and oxygen atoms in total. The largest absolute Gasteiger partial charge is 0.451 e. The van der Waals surface area contributed by atoms with Crippen LogP contribution in [0.2, 0.25) is 0 Å². The molecule has 4 aromatic rings. The zero-order valence-corrected chi connectivity index (χ0v) is 14.0. The first-order chi connectivity index (χ1) is 11.7. The van der Waals surface area contributed by atoms with Gasteiger partial charge in [-0.2, -0.15) is 5.10 Å². The number of nitrogens with one attached hydrogen (secondary N) is 1. The molecule has 118 valence electrons. The lowest BCUT2D eigenvalue weighted by molar-refractivity contribution is 0.0998. The Balaban J connectivity index is 1.56. The first kappa shape index (κ1) is 14.7. The third-order valence-electron chi connectivity index (χ3n) is 3.55. The van der Waals surface area contributed by atoms with Crippen LogP contribution in [0.1, 0.15) is 10.6 Å². The molecule has 0 atom stereocenters. The third-order valence-corrected chi connectivity index (χ3v) is 4.05. The van der Waals surface area contributed by atoms with Gasteiger partial charge in [0.2, 0.25) is 0 Å². The van der Waals surface area contributed by atoms with Gasteiger partial charge in [0.15, 0.2) is 11.6 Å². The van der Waals surface area contributed by atoms with Crippen molar-refractivity contribution < 1.29 is 9.21 Å². The maximum absolute atomic E-state index is 12.3. The Labute approximate surface area is 146 Å². The summed E-state index contributed by atoms with van der Waals surface area (Å²) in [6.45, 7) is 0. The molecule has 1 amide bonds. The second-order valence-electron chi connectivity index (χ2n) is 5.23. The van der Waals surface area contributed by atoms with Crippen molar-refractivity contribution in [2.75, 3.05) is 5.32 Å². The Morgan fingerprint density at radius 3 is 2.75 bits per heavy atom. The van der Waals surface area contributed by atoms with Crippen LogP contribution in [0.4, 0.5) is 5.82 Å². The van der Waals surface area contributed by atoms with Crippen LogP contribution in [0.3, 0.4) is 0 Å². The van der Waals surface area contributed by atoms with Crippen molar-refractivity contribution in [3.63, 3.8) is 0 Å². The summed E-state index contributed by atoms with van der Waals surface area (Å²) in [7, 11) is 0. The Bertz CT molecular complexity index is 1020. The van der Waals surface area contributed by atoms with Gasteiger partial charge in [0.1, 0.15) is 5.58 Å². The van der Waals surface area contributed by atoms with E-state index in [2.05, 4.69) is 26.3 Å². The van der Waals surface area contributed by atoms with Crippen molar-refractivity contribution in [2.24, 2.45) is 0 Å². The van der Waals surface area contributed by atoms with Gasteiger partial charge in [-0.3, -0.25) is 4.79 Å². The molecule has 0 aliphatic rings. The van der Waals surface area contributed by atoms with E-state index in [9.17, 15) is 4.79 Å². The van der Waals surface area contributed by atoms with Gasteiger partial charge in [0, 0.05) is 22.1 Å². The maximum atomic E-state index is 12.3. The van der Waals surface area contributed by atoms with E-state index in [1.165, 1.54) is 0 Å². The van der Waals surface area contributed by atoms with Gasteiger partial charge >= 0.3 is 0 Å². The summed E-state index contributed by atoms with van der Waals surface area (Å²) in [5.41, 5.74) is 1.59. The number of hydrogen-bond acceptors (Lipinski definition) is 3. The van der Waals surface area contributed by atoms with Gasteiger partial charge in [-0.15, -0.1) is 0 Å². The second-order valence-corrected chi connectivity index (χ2v) is 6.14. The highest BCUT2D eigenvalue weighted by Crippen LogP contribution is 2.24. The average Bonchev–Trinajstić information content (AvgIpc) is 3.22. The van der Waals surface area contributed by atoms with Crippen LogP contribution in [0.15, 0.2) is 75.8 Å². The predicted octanol–water partition coefficient (Wildman–Crippen LogP) is 4.63. The molecule has 0 fully saturated rings. The highest BCUT2D eigenvalue weighted by atomic mass is 79.9. The van der Waals surface area contributed by atoms with E-state index in [0.717, 1.165) is 15.5 Å². The van der Waals surface area contributed by atoms with Crippen LogP contribution in [-0.2, 0) is 0 Å². The lowest BCUT2D eigenvalue weighted by Crippen LogP contribution is -2.11. The SMILES string of the molecule is O=C(Nc1ccn(-c2ccccc2)n1)c1cc2cc(Br)ccc2o1. The fourth-order valence-corrected chi connectivity index (χ4v) is 2.80. The number of rotatable bonds is 3. The smallest absolute Gasteiger partial charge is 0.292 e. The number of carbonyl (C=O) groups excluding carboxylic acids is 1. The van der Waals surface area contributed by atoms with Gasteiger partial charge < -0.3 is 9.73 Å². The quantitative estimate of drug-likeness (QED) is 0.562. The molecule has 0 bridgehead atoms. The summed E-state index contributed by atoms with van der Waals surface area (Å²) in [5.74, 6) is 0.378. The van der Waals surface area contributed by atoms with E-state index in [0.29, 0.717) is 11.4 Å². The number of nitrogens with zero attached hydrogens (tertiary/aromatic N) is 2. The van der Waals surface area contributed by atoms with Gasteiger partial charge in [0.05, 0.1) is 5.69 Å². The summed E-state index contributed by atoms with van der Waals surface area (Å²) in [5, 5.41) is 7.96. The van der Waals surface area contributed by atoms with E-state index in [1.54, 1.807) is 23.0 Å². The Morgan fingerprint density at radius 1 is 1.08 bits per heavy atom. The number of furan rings is 1. The van der Waals surface area contributed by atoms with Crippen LogP contribution in [0, 0.1) is 0 Å². The number of para-hydroxylation sites is 1. The molecular weight excluding hydrogens is 370 g/mol. The van der Waals surface area contributed by atoms with Crippen LogP contribution in [-0.4, -0.2) is 15.7 Å². The van der Waals surface area contributed by atoms with Crippen LogP contribution in [0.5, 0.6) is 0 Å². The number of benzene rings is 2. The zero-order valence-electron chi connectivity index (χ0n) is 12.4. The van der Waals surface area contributed by atoms with Gasteiger partial charge in [-0.05, 0) is 36.4 Å². The van der Waals surface area contributed by atoms with Crippen molar-refractivity contribution in [1.29, 1.82) is 0 Å². The summed E-state index contributed by atoms with van der Waals surface area (Å²) in [4.78, 5) is 12.3. The normalized spacial score (nSPS) is 10.9. The summed E-state index contributed by atoms with van der Waals surface area (Å²) >= 11 is 3.40. The topological polar surface area (TPSA) is 60.1 Å². The number of halogens is 1. The highest BCUT2D eigenvalue weighted by molar-refractivity contribution is 9.10. The molecule has 0 saturated carbocycles. The lowest BCUT2D eigenvalue weighted by atomic mass is 10.2. The van der Waals surface area contributed by atoms with E-state index >= 15 is 0 Å². The Morgan fingerprint density at radius 2 is 1.92 bits per heavy atom. The molecule has 0 unspecified atom stereocenters. The van der Waals surface area contributed by atoms with Crippen molar-refractivity contribution in [1.82, 2.24) is 9.78 Å². The monoisotopic (exact) mass is 381 g/mol. The first-order valence-electron chi connectivity index (χ1n) is 7.30. The van der Waals surface area contributed by atoms with Crippen molar-refractivity contribution in [3.8, 4) is 5.69 Å². The fraction of sp³-hybridized carbons (Fsp3) is 0. The van der Waals surface area contributed by atoms with Crippen LogP contribution < -0.4 is 5.32 Å². The minimum atomic E-state index is -0.333. The number of amides is 1. The van der Waals surface area contributed by atoms with Gasteiger partial charge in [-0.1, -0.05) is 34.1 Å². The van der Waals surface area contributed by atoms with Crippen molar-refractivity contribution in [3.05, 3.63) is 77.1 Å². The molecule has 0 aliphatic carbocycles. The summed E-state index contributed by atoms with van der Waals surface area (Å²) < 4.78 is 8.22. The Hall–Kier alpha value is -2.86. The molecule has 1 N–H and O–H groups in total. The number of anilines is 1. The van der Waals surface area contributed by atoms with Gasteiger partial charge in [0.25, 0.3) is 5.91 Å².